The van der Waals surface area contributed by atoms with Crippen molar-refractivity contribution in [2.45, 2.75) is 72.2 Å². The van der Waals surface area contributed by atoms with Gasteiger partial charge in [0.15, 0.2) is 8.32 Å². The molecule has 0 N–H and O–H groups in total. The van der Waals surface area contributed by atoms with Crippen LogP contribution in [0.15, 0.2) is 0 Å². The lowest BCUT2D eigenvalue weighted by Gasteiger charge is -2.40. The maximum Gasteiger partial charge on any atom is 0.192 e. The molecule has 0 aliphatic heterocycles. The Hall–Kier alpha value is -0.263. The van der Waals surface area contributed by atoms with Crippen LogP contribution in [0.25, 0.3) is 0 Å². The van der Waals surface area contributed by atoms with E-state index in [1.165, 1.54) is 0 Å². The molecule has 0 bridgehead atoms. The molecule has 94 valence electrons. The van der Waals surface area contributed by atoms with Crippen molar-refractivity contribution in [1.29, 1.82) is 0 Å². The topological polar surface area (TPSA) is 9.23 Å². The van der Waals surface area contributed by atoms with E-state index < -0.39 is 8.32 Å². The van der Waals surface area contributed by atoms with Crippen LogP contribution in [-0.2, 0) is 4.43 Å². The highest BCUT2D eigenvalue weighted by Gasteiger charge is 2.39. The lowest BCUT2D eigenvalue weighted by atomic mass is 10.0. The Bertz CT molecular complexity index is 265. The van der Waals surface area contributed by atoms with Gasteiger partial charge >= 0.3 is 0 Å². The van der Waals surface area contributed by atoms with Gasteiger partial charge in [0.2, 0.25) is 0 Å². The molecule has 0 saturated carbocycles. The van der Waals surface area contributed by atoms with E-state index in [-0.39, 0.29) is 11.1 Å². The highest BCUT2D eigenvalue weighted by Crippen LogP contribution is 2.38. The Balaban J connectivity index is 4.71. The first-order chi connectivity index (χ1) is 7.15. The van der Waals surface area contributed by atoms with Crippen LogP contribution in [0.4, 0.5) is 0 Å². The van der Waals surface area contributed by atoms with Crippen LogP contribution in [-0.4, -0.2) is 14.4 Å². The average molecular weight is 240 g/mol. The summed E-state index contributed by atoms with van der Waals surface area (Å²) >= 11 is 0. The van der Waals surface area contributed by atoms with E-state index in [1.807, 2.05) is 6.92 Å². The minimum Gasteiger partial charge on any atom is -0.413 e. The summed E-state index contributed by atoms with van der Waals surface area (Å²) in [6, 6.07) is 0. The highest BCUT2D eigenvalue weighted by atomic mass is 28.4. The van der Waals surface area contributed by atoms with Crippen molar-refractivity contribution in [2.24, 2.45) is 5.92 Å². The Morgan fingerprint density at radius 2 is 1.75 bits per heavy atom. The molecule has 0 aliphatic carbocycles. The average Bonchev–Trinajstić information content (AvgIpc) is 2.12. The van der Waals surface area contributed by atoms with Crippen LogP contribution >= 0.6 is 0 Å². The van der Waals surface area contributed by atoms with Gasteiger partial charge < -0.3 is 4.43 Å². The van der Waals surface area contributed by atoms with Gasteiger partial charge in [-0.05, 0) is 38.4 Å². The zero-order chi connectivity index (χ0) is 13.0. The standard InChI is InChI=1S/C14H28OSi/c1-9-11-12(3)13(10-2)15-16(7,8)14(4,5)6/h12-13H,10H2,1-8H3/t12-,13+/m1/s1. The molecule has 0 saturated heterocycles. The fourth-order valence-electron chi connectivity index (χ4n) is 1.41. The quantitative estimate of drug-likeness (QED) is 0.521. The van der Waals surface area contributed by atoms with Gasteiger partial charge in [-0.3, -0.25) is 0 Å². The monoisotopic (exact) mass is 240 g/mol. The first kappa shape index (κ1) is 15.7. The molecule has 2 atom stereocenters. The van der Waals surface area contributed by atoms with Crippen LogP contribution in [0, 0.1) is 17.8 Å². The van der Waals surface area contributed by atoms with E-state index in [4.69, 9.17) is 4.43 Å². The lowest BCUT2D eigenvalue weighted by molar-refractivity contribution is 0.145. The zero-order valence-corrected chi connectivity index (χ0v) is 13.3. The fraction of sp³-hybridized carbons (Fsp3) is 0.857. The maximum absolute atomic E-state index is 6.40. The van der Waals surface area contributed by atoms with E-state index in [2.05, 4.69) is 59.6 Å². The number of hydrogen-bond acceptors (Lipinski definition) is 1. The molecule has 0 aromatic carbocycles. The van der Waals surface area contributed by atoms with Crippen molar-refractivity contribution in [3.05, 3.63) is 0 Å². The molecule has 0 rings (SSSR count). The summed E-state index contributed by atoms with van der Waals surface area (Å²) in [4.78, 5) is 0. The summed E-state index contributed by atoms with van der Waals surface area (Å²) in [5.74, 6) is 6.55. The predicted molar refractivity (Wildman–Crippen MR) is 75.0 cm³/mol. The van der Waals surface area contributed by atoms with E-state index in [9.17, 15) is 0 Å². The van der Waals surface area contributed by atoms with E-state index >= 15 is 0 Å². The zero-order valence-electron chi connectivity index (χ0n) is 12.3. The minimum atomic E-state index is -1.65. The van der Waals surface area contributed by atoms with Gasteiger partial charge in [-0.2, -0.15) is 0 Å². The van der Waals surface area contributed by atoms with Crippen molar-refractivity contribution in [3.8, 4) is 11.8 Å². The molecule has 0 aliphatic rings. The van der Waals surface area contributed by atoms with Crippen LogP contribution in [0.2, 0.25) is 18.1 Å². The van der Waals surface area contributed by atoms with Crippen LogP contribution in [0.5, 0.6) is 0 Å². The molecule has 0 aromatic rings. The predicted octanol–water partition coefficient (Wildman–Crippen LogP) is 4.45. The van der Waals surface area contributed by atoms with Crippen LogP contribution in [0.1, 0.15) is 48.0 Å². The Morgan fingerprint density at radius 3 is 2.06 bits per heavy atom. The van der Waals surface area contributed by atoms with Crippen LogP contribution in [0.3, 0.4) is 0 Å². The molecule has 1 nitrogen and oxygen atoms in total. The van der Waals surface area contributed by atoms with Crippen molar-refractivity contribution in [2.75, 3.05) is 0 Å². The normalized spacial score (nSPS) is 16.2. The van der Waals surface area contributed by atoms with E-state index in [0.717, 1.165) is 6.42 Å². The summed E-state index contributed by atoms with van der Waals surface area (Å²) in [5, 5.41) is 0.278. The number of hydrogen-bond donors (Lipinski definition) is 0. The summed E-state index contributed by atoms with van der Waals surface area (Å²) in [6.45, 7) is 17.7. The smallest absolute Gasteiger partial charge is 0.192 e. The molecule has 0 amide bonds. The molecule has 0 aromatic heterocycles. The molecular weight excluding hydrogens is 212 g/mol. The largest absolute Gasteiger partial charge is 0.413 e. The third-order valence-electron chi connectivity index (χ3n) is 3.58. The molecule has 0 radical (unpaired) electrons. The van der Waals surface area contributed by atoms with E-state index in [0.29, 0.717) is 5.92 Å². The first-order valence-corrected chi connectivity index (χ1v) is 9.16. The Kier molecular flexibility index (Phi) is 5.79. The third kappa shape index (κ3) is 4.31. The second-order valence-electron chi connectivity index (χ2n) is 6.01. The highest BCUT2D eigenvalue weighted by molar-refractivity contribution is 6.74. The Labute approximate surface area is 103 Å². The summed E-state index contributed by atoms with van der Waals surface area (Å²) in [6.07, 6.45) is 1.33. The van der Waals surface area contributed by atoms with Crippen molar-refractivity contribution in [1.82, 2.24) is 0 Å². The summed E-state index contributed by atoms with van der Waals surface area (Å²) < 4.78 is 6.40. The van der Waals surface area contributed by atoms with Crippen LogP contribution < -0.4 is 0 Å². The van der Waals surface area contributed by atoms with Gasteiger partial charge in [-0.1, -0.05) is 33.6 Å². The minimum absolute atomic E-state index is 0.278. The van der Waals surface area contributed by atoms with Gasteiger partial charge in [0.1, 0.15) is 0 Å². The summed E-state index contributed by atoms with van der Waals surface area (Å²) in [7, 11) is -1.65. The fourth-order valence-corrected chi connectivity index (χ4v) is 2.90. The molecule has 16 heavy (non-hydrogen) atoms. The molecule has 0 fully saturated rings. The lowest BCUT2D eigenvalue weighted by Crippen LogP contribution is -2.45. The summed E-state index contributed by atoms with van der Waals surface area (Å²) in [5.41, 5.74) is 0. The third-order valence-corrected chi connectivity index (χ3v) is 8.09. The van der Waals surface area contributed by atoms with Gasteiger partial charge in [-0.25, -0.2) is 0 Å². The number of rotatable bonds is 4. The first-order valence-electron chi connectivity index (χ1n) is 6.25. The molecular formula is C14H28OSi. The molecule has 0 spiro atoms. The van der Waals surface area contributed by atoms with Gasteiger partial charge in [0.25, 0.3) is 0 Å². The van der Waals surface area contributed by atoms with Crippen molar-refractivity contribution in [3.63, 3.8) is 0 Å². The molecule has 0 heterocycles. The van der Waals surface area contributed by atoms with E-state index in [1.54, 1.807) is 0 Å². The van der Waals surface area contributed by atoms with Crippen molar-refractivity contribution < 1.29 is 4.43 Å². The SMILES string of the molecule is CC#C[C@@H](C)[C@H](CC)O[Si](C)(C)C(C)(C)C. The maximum atomic E-state index is 6.40. The molecule has 0 unspecified atom stereocenters. The van der Waals surface area contributed by atoms with Gasteiger partial charge in [-0.15, -0.1) is 5.92 Å². The molecule has 2 heteroatoms. The van der Waals surface area contributed by atoms with Crippen molar-refractivity contribution >= 4 is 8.32 Å². The second kappa shape index (κ2) is 5.89. The second-order valence-corrected chi connectivity index (χ2v) is 10.8. The Morgan fingerprint density at radius 1 is 1.25 bits per heavy atom. The van der Waals surface area contributed by atoms with Gasteiger partial charge in [0.05, 0.1) is 6.10 Å². The van der Waals surface area contributed by atoms with Gasteiger partial charge in [0, 0.05) is 5.92 Å².